The number of nitrogens with one attached hydrogen (secondary N) is 1. The van der Waals surface area contributed by atoms with Gasteiger partial charge >= 0.3 is 0 Å². The Morgan fingerprint density at radius 2 is 2.32 bits per heavy atom. The van der Waals surface area contributed by atoms with Crippen molar-refractivity contribution in [2.24, 2.45) is 0 Å². The van der Waals surface area contributed by atoms with Crippen LogP contribution in [-0.4, -0.2) is 21.3 Å². The molecule has 0 aliphatic rings. The minimum Gasteiger partial charge on any atom is -0.309 e. The van der Waals surface area contributed by atoms with Crippen LogP contribution in [0, 0.1) is 0 Å². The molecular formula is C13H19BrN4S. The number of rotatable bonds is 7. The second-order valence-corrected chi connectivity index (χ2v) is 6.15. The molecule has 19 heavy (non-hydrogen) atoms. The van der Waals surface area contributed by atoms with E-state index in [0.29, 0.717) is 6.04 Å². The predicted octanol–water partition coefficient (Wildman–Crippen LogP) is 3.41. The third-order valence-electron chi connectivity index (χ3n) is 2.93. The summed E-state index contributed by atoms with van der Waals surface area (Å²) in [6.07, 6.45) is 3.59. The molecule has 2 heterocycles. The van der Waals surface area contributed by atoms with E-state index in [1.165, 1.54) is 9.35 Å². The van der Waals surface area contributed by atoms with Crippen LogP contribution >= 0.6 is 27.3 Å². The van der Waals surface area contributed by atoms with Crippen LogP contribution in [0.1, 0.15) is 37.0 Å². The van der Waals surface area contributed by atoms with Crippen LogP contribution in [0.15, 0.2) is 22.2 Å². The molecule has 2 aromatic rings. The fourth-order valence-electron chi connectivity index (χ4n) is 2.09. The highest BCUT2D eigenvalue weighted by molar-refractivity contribution is 9.10. The van der Waals surface area contributed by atoms with Gasteiger partial charge in [0.1, 0.15) is 12.2 Å². The van der Waals surface area contributed by atoms with Crippen LogP contribution in [0.2, 0.25) is 0 Å². The molecule has 2 aromatic heterocycles. The number of halogens is 1. The largest absolute Gasteiger partial charge is 0.309 e. The van der Waals surface area contributed by atoms with Crippen molar-refractivity contribution in [3.8, 4) is 0 Å². The lowest BCUT2D eigenvalue weighted by Crippen LogP contribution is -2.24. The number of aromatic nitrogens is 3. The summed E-state index contributed by atoms with van der Waals surface area (Å²) in [5, 5.41) is 9.94. The first-order valence-corrected chi connectivity index (χ1v) is 8.26. The number of hydrogen-bond donors (Lipinski definition) is 1. The minimum atomic E-state index is 0.291. The highest BCUT2D eigenvalue weighted by Gasteiger charge is 2.18. The van der Waals surface area contributed by atoms with E-state index in [-0.39, 0.29) is 0 Å². The lowest BCUT2D eigenvalue weighted by atomic mass is 10.1. The topological polar surface area (TPSA) is 42.7 Å². The summed E-state index contributed by atoms with van der Waals surface area (Å²) in [6.45, 7) is 6.16. The van der Waals surface area contributed by atoms with Crippen molar-refractivity contribution in [1.29, 1.82) is 0 Å². The van der Waals surface area contributed by atoms with E-state index in [4.69, 9.17) is 0 Å². The van der Waals surface area contributed by atoms with Crippen LogP contribution in [0.3, 0.4) is 0 Å². The summed E-state index contributed by atoms with van der Waals surface area (Å²) in [6, 6.07) is 2.39. The van der Waals surface area contributed by atoms with E-state index >= 15 is 0 Å². The van der Waals surface area contributed by atoms with Gasteiger partial charge in [-0.15, -0.1) is 11.3 Å². The Labute approximate surface area is 126 Å². The second kappa shape index (κ2) is 7.17. The third kappa shape index (κ3) is 3.64. The van der Waals surface area contributed by atoms with E-state index in [2.05, 4.69) is 56.6 Å². The van der Waals surface area contributed by atoms with Gasteiger partial charge in [0.2, 0.25) is 0 Å². The maximum absolute atomic E-state index is 4.40. The smallest absolute Gasteiger partial charge is 0.138 e. The first-order valence-electron chi connectivity index (χ1n) is 6.59. The van der Waals surface area contributed by atoms with Gasteiger partial charge in [0, 0.05) is 28.4 Å². The molecular weight excluding hydrogens is 324 g/mol. The Morgan fingerprint density at radius 1 is 1.47 bits per heavy atom. The summed E-state index contributed by atoms with van der Waals surface area (Å²) < 4.78 is 3.18. The zero-order valence-electron chi connectivity index (χ0n) is 11.3. The molecule has 1 unspecified atom stereocenters. The minimum absolute atomic E-state index is 0.291. The molecule has 0 radical (unpaired) electrons. The molecule has 1 N–H and O–H groups in total. The number of thiophene rings is 1. The van der Waals surface area contributed by atoms with E-state index < -0.39 is 0 Å². The summed E-state index contributed by atoms with van der Waals surface area (Å²) in [7, 11) is 0. The van der Waals surface area contributed by atoms with Crippen LogP contribution in [0.4, 0.5) is 0 Å². The fraction of sp³-hybridized carbons (Fsp3) is 0.538. The maximum atomic E-state index is 4.40. The summed E-state index contributed by atoms with van der Waals surface area (Å²) in [5.41, 5.74) is 0. The zero-order valence-corrected chi connectivity index (χ0v) is 13.7. The Balaban J connectivity index is 2.17. The van der Waals surface area contributed by atoms with Gasteiger partial charge in [-0.25, -0.2) is 4.98 Å². The van der Waals surface area contributed by atoms with Gasteiger partial charge < -0.3 is 5.32 Å². The highest BCUT2D eigenvalue weighted by atomic mass is 79.9. The number of aryl methyl sites for hydroxylation is 1. The molecule has 0 bridgehead atoms. The molecule has 0 saturated carbocycles. The molecule has 1 atom stereocenters. The molecule has 0 aliphatic carbocycles. The van der Waals surface area contributed by atoms with Gasteiger partial charge in [-0.05, 0) is 40.3 Å². The number of likely N-dealkylation sites (N-methyl/N-ethyl adjacent to an activating group) is 1. The first-order chi connectivity index (χ1) is 9.26. The van der Waals surface area contributed by atoms with Crippen molar-refractivity contribution in [2.45, 2.75) is 39.3 Å². The lowest BCUT2D eigenvalue weighted by molar-refractivity contribution is 0.502. The average Bonchev–Trinajstić information content (AvgIpc) is 2.99. The van der Waals surface area contributed by atoms with Crippen LogP contribution in [0.25, 0.3) is 0 Å². The number of nitrogens with zero attached hydrogens (tertiary/aromatic N) is 3. The Bertz CT molecular complexity index is 508. The molecule has 104 valence electrons. The monoisotopic (exact) mass is 342 g/mol. The Hall–Kier alpha value is -0.720. The van der Waals surface area contributed by atoms with Crippen molar-refractivity contribution in [2.75, 3.05) is 6.54 Å². The highest BCUT2D eigenvalue weighted by Crippen LogP contribution is 2.30. The molecule has 0 saturated heterocycles. The van der Waals surface area contributed by atoms with E-state index in [1.807, 2.05) is 4.68 Å². The second-order valence-electron chi connectivity index (χ2n) is 4.35. The van der Waals surface area contributed by atoms with E-state index in [1.54, 1.807) is 17.7 Å². The van der Waals surface area contributed by atoms with Crippen molar-refractivity contribution in [1.82, 2.24) is 20.1 Å². The number of hydrogen-bond acceptors (Lipinski definition) is 4. The Morgan fingerprint density at radius 3 is 2.95 bits per heavy atom. The van der Waals surface area contributed by atoms with Gasteiger partial charge in [0.15, 0.2) is 0 Å². The summed E-state index contributed by atoms with van der Waals surface area (Å²) in [4.78, 5) is 5.72. The molecule has 0 amide bonds. The molecule has 6 heteroatoms. The SMILES string of the molecule is CCCn1ncnc1CC(NCC)c1sccc1Br. The van der Waals surface area contributed by atoms with Crippen LogP contribution < -0.4 is 5.32 Å². The Kier molecular flexibility index (Phi) is 5.54. The summed E-state index contributed by atoms with van der Waals surface area (Å²) in [5.74, 6) is 1.05. The molecule has 0 fully saturated rings. The maximum Gasteiger partial charge on any atom is 0.138 e. The lowest BCUT2D eigenvalue weighted by Gasteiger charge is -2.17. The predicted molar refractivity (Wildman–Crippen MR) is 82.5 cm³/mol. The third-order valence-corrected chi connectivity index (χ3v) is 4.91. The molecule has 4 nitrogen and oxygen atoms in total. The van der Waals surface area contributed by atoms with Gasteiger partial charge in [-0.3, -0.25) is 4.68 Å². The first kappa shape index (κ1) is 14.7. The van der Waals surface area contributed by atoms with E-state index in [0.717, 1.165) is 31.8 Å². The van der Waals surface area contributed by atoms with Gasteiger partial charge in [-0.2, -0.15) is 5.10 Å². The van der Waals surface area contributed by atoms with Crippen molar-refractivity contribution in [3.05, 3.63) is 32.9 Å². The standard InChI is InChI=1S/C13H19BrN4S/c1-3-6-18-12(16-9-17-18)8-11(15-4-2)13-10(14)5-7-19-13/h5,7,9,11,15H,3-4,6,8H2,1-2H3. The van der Waals surface area contributed by atoms with Crippen LogP contribution in [-0.2, 0) is 13.0 Å². The van der Waals surface area contributed by atoms with E-state index in [9.17, 15) is 0 Å². The molecule has 2 rings (SSSR count). The van der Waals surface area contributed by atoms with Gasteiger partial charge in [-0.1, -0.05) is 13.8 Å². The average molecular weight is 343 g/mol. The zero-order chi connectivity index (χ0) is 13.7. The molecule has 0 aromatic carbocycles. The van der Waals surface area contributed by atoms with Crippen molar-refractivity contribution < 1.29 is 0 Å². The van der Waals surface area contributed by atoms with Gasteiger partial charge in [0.05, 0.1) is 0 Å². The quantitative estimate of drug-likeness (QED) is 0.838. The van der Waals surface area contributed by atoms with Crippen molar-refractivity contribution >= 4 is 27.3 Å². The fourth-order valence-corrected chi connectivity index (χ4v) is 3.81. The molecule has 0 spiro atoms. The summed E-state index contributed by atoms with van der Waals surface area (Å²) >= 11 is 5.39. The normalized spacial score (nSPS) is 12.8. The molecule has 0 aliphatic heterocycles. The van der Waals surface area contributed by atoms with Crippen LogP contribution in [0.5, 0.6) is 0 Å². The van der Waals surface area contributed by atoms with Crippen molar-refractivity contribution in [3.63, 3.8) is 0 Å². The van der Waals surface area contributed by atoms with Gasteiger partial charge in [0.25, 0.3) is 0 Å².